The number of para-hydroxylation sites is 2. The van der Waals surface area contributed by atoms with Crippen LogP contribution in [0.2, 0.25) is 0 Å². The van der Waals surface area contributed by atoms with Crippen molar-refractivity contribution < 1.29 is 0 Å². The van der Waals surface area contributed by atoms with E-state index in [9.17, 15) is 0 Å². The van der Waals surface area contributed by atoms with Crippen molar-refractivity contribution in [3.63, 3.8) is 0 Å². The van der Waals surface area contributed by atoms with E-state index in [2.05, 4.69) is 21.3 Å². The molecule has 2 saturated carbocycles. The van der Waals surface area contributed by atoms with Crippen LogP contribution < -0.4 is 10.6 Å². The Hall–Kier alpha value is -3.16. The molecule has 0 atom stereocenters. The van der Waals surface area contributed by atoms with Crippen molar-refractivity contribution in [2.45, 2.75) is 57.0 Å². The average Bonchev–Trinajstić information content (AvgIpc) is 3.40. The van der Waals surface area contributed by atoms with Gasteiger partial charge in [0.2, 0.25) is 11.9 Å². The Morgan fingerprint density at radius 3 is 2.60 bits per heavy atom. The van der Waals surface area contributed by atoms with Gasteiger partial charge in [0.05, 0.1) is 17.4 Å². The molecule has 2 aliphatic rings. The number of nitrogens with zero attached hydrogens (tertiary/aromatic N) is 6. The summed E-state index contributed by atoms with van der Waals surface area (Å²) in [6, 6.07) is 9.07. The maximum absolute atomic E-state index is 4.89. The van der Waals surface area contributed by atoms with Crippen LogP contribution in [0, 0.1) is 0 Å². The second kappa shape index (κ2) is 6.97. The van der Waals surface area contributed by atoms with Gasteiger partial charge in [-0.3, -0.25) is 5.32 Å². The number of imidazole rings is 2. The molecule has 1 aromatic carbocycles. The van der Waals surface area contributed by atoms with Gasteiger partial charge in [0.25, 0.3) is 0 Å². The van der Waals surface area contributed by atoms with E-state index < -0.39 is 0 Å². The number of aromatic nitrogens is 6. The van der Waals surface area contributed by atoms with Crippen LogP contribution in [0.4, 0.5) is 17.7 Å². The highest BCUT2D eigenvalue weighted by atomic mass is 15.3. The Labute approximate surface area is 174 Å². The first-order chi connectivity index (χ1) is 14.8. The van der Waals surface area contributed by atoms with E-state index >= 15 is 0 Å². The van der Waals surface area contributed by atoms with Crippen molar-refractivity contribution in [2.75, 3.05) is 10.6 Å². The summed E-state index contributed by atoms with van der Waals surface area (Å²) in [5.74, 6) is 2.11. The Bertz CT molecular complexity index is 1210. The fourth-order valence-corrected chi connectivity index (χ4v) is 4.48. The van der Waals surface area contributed by atoms with Gasteiger partial charge in [-0.15, -0.1) is 0 Å². The lowest BCUT2D eigenvalue weighted by atomic mass is 9.95. The van der Waals surface area contributed by atoms with Crippen molar-refractivity contribution in [1.82, 2.24) is 29.1 Å². The van der Waals surface area contributed by atoms with Crippen LogP contribution >= 0.6 is 0 Å². The van der Waals surface area contributed by atoms with Gasteiger partial charge in [-0.25, -0.2) is 9.97 Å². The number of nitrogens with one attached hydrogen (secondary N) is 2. The minimum Gasteiger partial charge on any atom is -0.365 e. The summed E-state index contributed by atoms with van der Waals surface area (Å²) >= 11 is 0. The van der Waals surface area contributed by atoms with Crippen LogP contribution in [-0.4, -0.2) is 35.1 Å². The van der Waals surface area contributed by atoms with E-state index in [1.165, 1.54) is 44.9 Å². The smallest absolute Gasteiger partial charge is 0.233 e. The van der Waals surface area contributed by atoms with Gasteiger partial charge in [-0.1, -0.05) is 31.4 Å². The lowest BCUT2D eigenvalue weighted by Gasteiger charge is -2.23. The van der Waals surface area contributed by atoms with Gasteiger partial charge in [0, 0.05) is 19.1 Å². The number of hydrogen-bond acceptors (Lipinski definition) is 6. The molecule has 0 radical (unpaired) electrons. The van der Waals surface area contributed by atoms with Crippen LogP contribution in [0.15, 0.2) is 30.6 Å². The predicted octanol–water partition coefficient (Wildman–Crippen LogP) is 4.54. The third-order valence-corrected chi connectivity index (χ3v) is 6.32. The summed E-state index contributed by atoms with van der Waals surface area (Å²) in [5, 5.41) is 6.90. The van der Waals surface area contributed by atoms with Crippen LogP contribution in [0.5, 0.6) is 0 Å². The fourth-order valence-electron chi connectivity index (χ4n) is 4.48. The average molecular weight is 403 g/mol. The van der Waals surface area contributed by atoms with Crippen molar-refractivity contribution in [2.24, 2.45) is 7.05 Å². The topological polar surface area (TPSA) is 85.5 Å². The van der Waals surface area contributed by atoms with Crippen LogP contribution in [0.3, 0.4) is 0 Å². The van der Waals surface area contributed by atoms with Crippen molar-refractivity contribution in [1.29, 1.82) is 0 Å². The maximum Gasteiger partial charge on any atom is 0.233 e. The molecule has 4 aromatic rings. The van der Waals surface area contributed by atoms with Gasteiger partial charge < -0.3 is 14.5 Å². The lowest BCUT2D eigenvalue weighted by Crippen LogP contribution is -2.14. The molecule has 2 aliphatic carbocycles. The quantitative estimate of drug-likeness (QED) is 0.510. The molecule has 0 spiro atoms. The van der Waals surface area contributed by atoms with Gasteiger partial charge >= 0.3 is 0 Å². The molecule has 0 amide bonds. The van der Waals surface area contributed by atoms with Crippen LogP contribution in [-0.2, 0) is 7.05 Å². The molecule has 2 fully saturated rings. The number of benzene rings is 1. The van der Waals surface area contributed by atoms with Gasteiger partial charge in [-0.2, -0.15) is 9.97 Å². The molecule has 154 valence electrons. The molecule has 0 saturated heterocycles. The molecule has 2 N–H and O–H groups in total. The molecular weight excluding hydrogens is 376 g/mol. The molecule has 0 bridgehead atoms. The third-order valence-electron chi connectivity index (χ3n) is 6.32. The first kappa shape index (κ1) is 17.7. The normalized spacial score (nSPS) is 17.6. The molecule has 0 unspecified atom stereocenters. The van der Waals surface area contributed by atoms with Crippen molar-refractivity contribution in [3.05, 3.63) is 30.6 Å². The Balaban J connectivity index is 1.43. The summed E-state index contributed by atoms with van der Waals surface area (Å²) in [5.41, 5.74) is 3.79. The van der Waals surface area contributed by atoms with Crippen LogP contribution in [0.25, 0.3) is 22.2 Å². The molecular formula is C22H26N8. The number of aryl methyl sites for hydroxylation is 1. The molecule has 3 aromatic heterocycles. The second-order valence-electron chi connectivity index (χ2n) is 8.54. The summed E-state index contributed by atoms with van der Waals surface area (Å²) in [6.07, 6.45) is 10.6. The number of hydrogen-bond donors (Lipinski definition) is 2. The molecule has 8 nitrogen and oxygen atoms in total. The standard InChI is InChI=1S/C22H26N8/c1-29-17-10-6-5-9-16(17)25-22(29)28-21-26-19(24-14-11-12-14)18-20(27-21)30(13-23-18)15-7-3-2-4-8-15/h5-6,9-10,13-15H,2-4,7-8,11-12H2,1H3,(H2,24,25,26,27,28). The molecule has 6 rings (SSSR count). The molecule has 30 heavy (non-hydrogen) atoms. The van der Waals surface area contributed by atoms with Gasteiger partial charge in [-0.05, 0) is 37.8 Å². The minimum atomic E-state index is 0.469. The lowest BCUT2D eigenvalue weighted by molar-refractivity contribution is 0.358. The minimum absolute atomic E-state index is 0.469. The highest BCUT2D eigenvalue weighted by Gasteiger charge is 2.26. The highest BCUT2D eigenvalue weighted by molar-refractivity contribution is 5.85. The summed E-state index contributed by atoms with van der Waals surface area (Å²) in [6.45, 7) is 0. The Kier molecular flexibility index (Phi) is 4.11. The first-order valence-corrected chi connectivity index (χ1v) is 11.0. The third kappa shape index (κ3) is 3.07. The maximum atomic E-state index is 4.89. The van der Waals surface area contributed by atoms with Crippen LogP contribution in [0.1, 0.15) is 51.0 Å². The predicted molar refractivity (Wildman–Crippen MR) is 118 cm³/mol. The first-order valence-electron chi connectivity index (χ1n) is 11.0. The zero-order chi connectivity index (χ0) is 20.1. The van der Waals surface area contributed by atoms with E-state index in [0.717, 1.165) is 34.0 Å². The van der Waals surface area contributed by atoms with E-state index in [-0.39, 0.29) is 0 Å². The van der Waals surface area contributed by atoms with E-state index in [4.69, 9.17) is 19.9 Å². The largest absolute Gasteiger partial charge is 0.365 e. The summed E-state index contributed by atoms with van der Waals surface area (Å²) < 4.78 is 4.30. The van der Waals surface area contributed by atoms with Gasteiger partial charge in [0.15, 0.2) is 17.0 Å². The monoisotopic (exact) mass is 402 g/mol. The van der Waals surface area contributed by atoms with E-state index in [1.807, 2.05) is 36.1 Å². The van der Waals surface area contributed by atoms with Crippen molar-refractivity contribution in [3.8, 4) is 0 Å². The van der Waals surface area contributed by atoms with E-state index in [0.29, 0.717) is 18.0 Å². The molecule has 0 aliphatic heterocycles. The molecule has 3 heterocycles. The number of anilines is 3. The SMILES string of the molecule is Cn1c(Nc2nc(NC3CC3)c3ncn(C4CCCCC4)c3n2)nc2ccccc21. The highest BCUT2D eigenvalue weighted by Crippen LogP contribution is 2.34. The number of rotatable bonds is 5. The zero-order valence-corrected chi connectivity index (χ0v) is 17.2. The summed E-state index contributed by atoms with van der Waals surface area (Å²) in [4.78, 5) is 19.1. The van der Waals surface area contributed by atoms with Gasteiger partial charge in [0.1, 0.15) is 0 Å². The Morgan fingerprint density at radius 2 is 1.80 bits per heavy atom. The zero-order valence-electron chi connectivity index (χ0n) is 17.2. The fraction of sp³-hybridized carbons (Fsp3) is 0.455. The summed E-state index contributed by atoms with van der Waals surface area (Å²) in [7, 11) is 2.01. The second-order valence-corrected chi connectivity index (χ2v) is 8.54. The van der Waals surface area contributed by atoms with E-state index in [1.54, 1.807) is 0 Å². The Morgan fingerprint density at radius 1 is 0.967 bits per heavy atom. The number of fused-ring (bicyclic) bond motifs is 2. The molecule has 8 heteroatoms. The van der Waals surface area contributed by atoms with Crippen molar-refractivity contribution >= 4 is 39.9 Å².